The number of rotatable bonds is 13. The highest BCUT2D eigenvalue weighted by atomic mass is 16.4. The van der Waals surface area contributed by atoms with Gasteiger partial charge in [0, 0.05) is 0 Å². The van der Waals surface area contributed by atoms with E-state index in [1.165, 1.54) is 6.92 Å². The number of carboxylic acids is 2. The molecule has 0 saturated carbocycles. The Morgan fingerprint density at radius 1 is 0.806 bits per heavy atom. The number of aliphatic carboxylic acids is 2. The second-order valence-corrected chi connectivity index (χ2v) is 8.19. The minimum Gasteiger partial charge on any atom is -0.481 e. The Labute approximate surface area is 180 Å². The van der Waals surface area contributed by atoms with E-state index in [9.17, 15) is 34.2 Å². The third-order valence-corrected chi connectivity index (χ3v) is 4.37. The molecular weight excluding hydrogens is 412 g/mol. The van der Waals surface area contributed by atoms with Crippen molar-refractivity contribution in [3.05, 3.63) is 0 Å². The number of nitrogens with one attached hydrogen (secondary N) is 3. The SMILES string of the molecule is CC(C)CC(N)C(=O)NC(C(=O)NC(CC(=O)O)C(=O)NC(C(=O)O)C(C)C)C(C)O. The van der Waals surface area contributed by atoms with E-state index in [-0.39, 0.29) is 5.92 Å². The van der Waals surface area contributed by atoms with Gasteiger partial charge in [0.05, 0.1) is 18.6 Å². The van der Waals surface area contributed by atoms with Crippen molar-refractivity contribution >= 4 is 29.7 Å². The molecule has 0 saturated heterocycles. The van der Waals surface area contributed by atoms with Crippen molar-refractivity contribution in [3.63, 3.8) is 0 Å². The summed E-state index contributed by atoms with van der Waals surface area (Å²) >= 11 is 0. The molecule has 5 unspecified atom stereocenters. The quantitative estimate of drug-likeness (QED) is 0.174. The number of aliphatic hydroxyl groups excluding tert-OH is 1. The summed E-state index contributed by atoms with van der Waals surface area (Å²) in [6.07, 6.45) is -1.89. The van der Waals surface area contributed by atoms with Crippen molar-refractivity contribution in [2.45, 2.75) is 77.7 Å². The van der Waals surface area contributed by atoms with Gasteiger partial charge in [-0.2, -0.15) is 0 Å². The standard InChI is InChI=1S/C19H34N4O8/c1-8(2)6-11(20)16(27)23-15(10(5)24)18(29)21-12(7-13(25)26)17(28)22-14(9(3)4)19(30)31/h8-12,14-15,24H,6-7,20H2,1-5H3,(H,21,29)(H,22,28)(H,23,27)(H,25,26)(H,30,31). The number of hydrogen-bond acceptors (Lipinski definition) is 7. The number of aliphatic hydroxyl groups is 1. The molecule has 8 N–H and O–H groups in total. The van der Waals surface area contributed by atoms with Gasteiger partial charge in [-0.3, -0.25) is 19.2 Å². The van der Waals surface area contributed by atoms with Crippen LogP contribution in [0.2, 0.25) is 0 Å². The molecule has 0 radical (unpaired) electrons. The lowest BCUT2D eigenvalue weighted by atomic mass is 10.0. The Morgan fingerprint density at radius 3 is 1.71 bits per heavy atom. The number of carbonyl (C=O) groups is 5. The Kier molecular flexibility index (Phi) is 11.7. The van der Waals surface area contributed by atoms with Crippen molar-refractivity contribution in [2.75, 3.05) is 0 Å². The highest BCUT2D eigenvalue weighted by Crippen LogP contribution is 2.06. The third-order valence-electron chi connectivity index (χ3n) is 4.37. The van der Waals surface area contributed by atoms with Crippen LogP contribution >= 0.6 is 0 Å². The normalized spacial score (nSPS) is 16.0. The minimum absolute atomic E-state index is 0.103. The van der Waals surface area contributed by atoms with Crippen LogP contribution in [0.3, 0.4) is 0 Å². The third kappa shape index (κ3) is 10.2. The molecule has 0 rings (SSSR count). The molecule has 0 aromatic heterocycles. The maximum Gasteiger partial charge on any atom is 0.326 e. The highest BCUT2D eigenvalue weighted by molar-refractivity contribution is 5.95. The van der Waals surface area contributed by atoms with Crippen molar-refractivity contribution < 1.29 is 39.3 Å². The predicted octanol–water partition coefficient (Wildman–Crippen LogP) is -1.59. The van der Waals surface area contributed by atoms with Crippen LogP contribution in [0.5, 0.6) is 0 Å². The molecule has 0 aliphatic heterocycles. The molecule has 0 aromatic carbocycles. The van der Waals surface area contributed by atoms with Crippen LogP contribution in [0.4, 0.5) is 0 Å². The number of carboxylic acid groups (broad SMARTS) is 2. The molecule has 0 fully saturated rings. The van der Waals surface area contributed by atoms with Gasteiger partial charge in [-0.15, -0.1) is 0 Å². The first kappa shape index (κ1) is 28.3. The Hall–Kier alpha value is -2.73. The summed E-state index contributed by atoms with van der Waals surface area (Å²) in [5.41, 5.74) is 5.77. The summed E-state index contributed by atoms with van der Waals surface area (Å²) in [6, 6.07) is -5.38. The maximum atomic E-state index is 12.6. The van der Waals surface area contributed by atoms with Gasteiger partial charge in [0.25, 0.3) is 0 Å². The molecule has 0 aliphatic rings. The average Bonchev–Trinajstić information content (AvgIpc) is 2.60. The van der Waals surface area contributed by atoms with E-state index in [0.717, 1.165) is 0 Å². The van der Waals surface area contributed by atoms with Gasteiger partial charge in [-0.1, -0.05) is 27.7 Å². The fourth-order valence-electron chi connectivity index (χ4n) is 2.69. The van der Waals surface area contributed by atoms with Gasteiger partial charge in [0.2, 0.25) is 17.7 Å². The summed E-state index contributed by atoms with van der Waals surface area (Å²) in [6.45, 7) is 8.02. The van der Waals surface area contributed by atoms with E-state index >= 15 is 0 Å². The molecule has 0 aromatic rings. The van der Waals surface area contributed by atoms with Gasteiger partial charge in [0.15, 0.2) is 0 Å². The lowest BCUT2D eigenvalue weighted by molar-refractivity contribution is -0.144. The van der Waals surface area contributed by atoms with E-state index in [1.54, 1.807) is 13.8 Å². The van der Waals surface area contributed by atoms with Gasteiger partial charge in [0.1, 0.15) is 18.1 Å². The van der Waals surface area contributed by atoms with Crippen LogP contribution in [0.25, 0.3) is 0 Å². The lowest BCUT2D eigenvalue weighted by Crippen LogP contribution is -2.60. The summed E-state index contributed by atoms with van der Waals surface area (Å²) < 4.78 is 0. The second kappa shape index (κ2) is 12.8. The summed E-state index contributed by atoms with van der Waals surface area (Å²) in [5, 5.41) is 34.8. The molecule has 12 nitrogen and oxygen atoms in total. The minimum atomic E-state index is -1.63. The zero-order valence-corrected chi connectivity index (χ0v) is 18.4. The van der Waals surface area contributed by atoms with E-state index in [4.69, 9.17) is 10.8 Å². The van der Waals surface area contributed by atoms with Crippen LogP contribution < -0.4 is 21.7 Å². The number of amides is 3. The monoisotopic (exact) mass is 446 g/mol. The summed E-state index contributed by atoms with van der Waals surface area (Å²) in [4.78, 5) is 59.7. The van der Waals surface area contributed by atoms with Crippen molar-refractivity contribution in [3.8, 4) is 0 Å². The molecule has 0 aliphatic carbocycles. The Balaban J connectivity index is 5.44. The molecule has 0 bridgehead atoms. The second-order valence-electron chi connectivity index (χ2n) is 8.19. The smallest absolute Gasteiger partial charge is 0.326 e. The lowest BCUT2D eigenvalue weighted by Gasteiger charge is -2.26. The van der Waals surface area contributed by atoms with E-state index in [0.29, 0.717) is 6.42 Å². The first-order valence-corrected chi connectivity index (χ1v) is 9.96. The van der Waals surface area contributed by atoms with Gasteiger partial charge < -0.3 is 37.0 Å². The van der Waals surface area contributed by atoms with Crippen LogP contribution in [-0.2, 0) is 24.0 Å². The van der Waals surface area contributed by atoms with Crippen LogP contribution in [0, 0.1) is 11.8 Å². The number of carbonyl (C=O) groups excluding carboxylic acids is 3. The largest absolute Gasteiger partial charge is 0.481 e. The fourth-order valence-corrected chi connectivity index (χ4v) is 2.69. The van der Waals surface area contributed by atoms with Crippen LogP contribution in [-0.4, -0.2) is 75.3 Å². The maximum absolute atomic E-state index is 12.6. The van der Waals surface area contributed by atoms with Crippen molar-refractivity contribution in [1.29, 1.82) is 0 Å². The molecule has 5 atom stereocenters. The van der Waals surface area contributed by atoms with Gasteiger partial charge in [-0.05, 0) is 25.2 Å². The molecular formula is C19H34N4O8. The Morgan fingerprint density at radius 2 is 1.32 bits per heavy atom. The van der Waals surface area contributed by atoms with E-state index in [1.807, 2.05) is 13.8 Å². The van der Waals surface area contributed by atoms with Crippen LogP contribution in [0.1, 0.15) is 47.5 Å². The topological polar surface area (TPSA) is 208 Å². The molecule has 0 spiro atoms. The predicted molar refractivity (Wildman–Crippen MR) is 110 cm³/mol. The highest BCUT2D eigenvalue weighted by Gasteiger charge is 2.34. The molecule has 0 heterocycles. The van der Waals surface area contributed by atoms with Crippen molar-refractivity contribution in [1.82, 2.24) is 16.0 Å². The zero-order chi connectivity index (χ0) is 24.5. The molecule has 31 heavy (non-hydrogen) atoms. The average molecular weight is 447 g/mol. The first-order valence-electron chi connectivity index (χ1n) is 9.96. The zero-order valence-electron chi connectivity index (χ0n) is 18.4. The molecule has 3 amide bonds. The van der Waals surface area contributed by atoms with E-state index in [2.05, 4.69) is 16.0 Å². The first-order chi connectivity index (χ1) is 14.2. The summed E-state index contributed by atoms with van der Waals surface area (Å²) in [7, 11) is 0. The fraction of sp³-hybridized carbons (Fsp3) is 0.737. The van der Waals surface area contributed by atoms with Gasteiger partial charge in [-0.25, -0.2) is 4.79 Å². The van der Waals surface area contributed by atoms with Gasteiger partial charge >= 0.3 is 11.9 Å². The summed E-state index contributed by atoms with van der Waals surface area (Å²) in [5.74, 6) is -5.88. The van der Waals surface area contributed by atoms with Crippen LogP contribution in [0.15, 0.2) is 0 Å². The Bertz CT molecular complexity index is 665. The number of nitrogens with two attached hydrogens (primary N) is 1. The molecule has 12 heteroatoms. The van der Waals surface area contributed by atoms with Crippen molar-refractivity contribution in [2.24, 2.45) is 17.6 Å². The number of hydrogen-bond donors (Lipinski definition) is 7. The van der Waals surface area contributed by atoms with E-state index < -0.39 is 72.3 Å². The molecule has 178 valence electrons.